The van der Waals surface area contributed by atoms with Crippen LogP contribution in [0.5, 0.6) is 0 Å². The zero-order valence-electron chi connectivity index (χ0n) is 10.7. The summed E-state index contributed by atoms with van der Waals surface area (Å²) in [6.07, 6.45) is -0.0961. The van der Waals surface area contributed by atoms with Crippen LogP contribution in [-0.2, 0) is 4.74 Å². The average Bonchev–Trinajstić information content (AvgIpc) is 2.34. The quantitative estimate of drug-likeness (QED) is 0.738. The van der Waals surface area contributed by atoms with E-state index in [4.69, 9.17) is 4.74 Å². The van der Waals surface area contributed by atoms with Crippen molar-refractivity contribution in [3.63, 3.8) is 0 Å². The summed E-state index contributed by atoms with van der Waals surface area (Å²) in [5.74, 6) is 0. The van der Waals surface area contributed by atoms with Crippen molar-refractivity contribution >= 4 is 0 Å². The molecule has 0 amide bonds. The van der Waals surface area contributed by atoms with E-state index in [9.17, 15) is 18.3 Å². The van der Waals surface area contributed by atoms with Gasteiger partial charge in [-0.15, -0.1) is 0 Å². The second-order valence-electron chi connectivity index (χ2n) is 4.79. The fraction of sp³-hybridized carbons (Fsp3) is 0.846. The van der Waals surface area contributed by atoms with E-state index >= 15 is 0 Å². The van der Waals surface area contributed by atoms with Gasteiger partial charge in [0.15, 0.2) is 5.60 Å². The Balaban J connectivity index is 2.72. The first-order valence-electron chi connectivity index (χ1n) is 6.52. The summed E-state index contributed by atoms with van der Waals surface area (Å²) >= 11 is 0. The monoisotopic (exact) mass is 266 g/mol. The highest BCUT2D eigenvalue weighted by Crippen LogP contribution is 2.42. The van der Waals surface area contributed by atoms with Crippen LogP contribution >= 0.6 is 0 Å². The normalized spacial score (nSPS) is 19.9. The zero-order valence-corrected chi connectivity index (χ0v) is 10.7. The molecule has 0 fully saturated rings. The zero-order chi connectivity index (χ0) is 13.6. The number of aliphatic hydroxyl groups is 1. The molecule has 106 valence electrons. The van der Waals surface area contributed by atoms with Crippen LogP contribution in [0.15, 0.2) is 11.8 Å². The van der Waals surface area contributed by atoms with Crippen molar-refractivity contribution in [2.75, 3.05) is 6.61 Å². The maximum absolute atomic E-state index is 13.1. The SMILES string of the molecule is CCCCCCC(O)(C1=COCCC1)C(F)(F)F. The van der Waals surface area contributed by atoms with Crippen LogP contribution in [0, 0.1) is 0 Å². The Bertz CT molecular complexity index is 286. The molecule has 0 saturated heterocycles. The highest BCUT2D eigenvalue weighted by Gasteiger charge is 2.55. The number of unbranched alkanes of at least 4 members (excludes halogenated alkanes) is 3. The summed E-state index contributed by atoms with van der Waals surface area (Å²) in [5.41, 5.74) is -2.74. The van der Waals surface area contributed by atoms with Gasteiger partial charge in [0.1, 0.15) is 0 Å². The third-order valence-corrected chi connectivity index (χ3v) is 3.33. The predicted octanol–water partition coefficient (Wildman–Crippen LogP) is 3.94. The van der Waals surface area contributed by atoms with Gasteiger partial charge in [0, 0.05) is 5.57 Å². The standard InChI is InChI=1S/C13H21F3O2/c1-2-3-4-5-8-12(17,13(14,15)16)11-7-6-9-18-10-11/h10,17H,2-9H2,1H3. The van der Waals surface area contributed by atoms with Crippen molar-refractivity contribution in [1.82, 2.24) is 0 Å². The molecule has 0 bridgehead atoms. The highest BCUT2D eigenvalue weighted by atomic mass is 19.4. The van der Waals surface area contributed by atoms with Gasteiger partial charge in [-0.2, -0.15) is 13.2 Å². The molecule has 1 atom stereocenters. The van der Waals surface area contributed by atoms with Gasteiger partial charge in [0.25, 0.3) is 0 Å². The number of rotatable bonds is 6. The molecule has 1 aliphatic heterocycles. The Kier molecular flexibility index (Phi) is 5.50. The van der Waals surface area contributed by atoms with Crippen LogP contribution in [0.4, 0.5) is 13.2 Å². The molecular weight excluding hydrogens is 245 g/mol. The van der Waals surface area contributed by atoms with Crippen LogP contribution in [0.3, 0.4) is 0 Å². The molecule has 0 saturated carbocycles. The summed E-state index contributed by atoms with van der Waals surface area (Å²) in [5, 5.41) is 10.00. The summed E-state index contributed by atoms with van der Waals surface area (Å²) in [4.78, 5) is 0. The summed E-state index contributed by atoms with van der Waals surface area (Å²) < 4.78 is 44.1. The Labute approximate surface area is 106 Å². The number of halogens is 3. The van der Waals surface area contributed by atoms with Crippen molar-refractivity contribution in [2.45, 2.75) is 63.6 Å². The fourth-order valence-electron chi connectivity index (χ4n) is 2.16. The minimum atomic E-state index is -4.63. The summed E-state index contributed by atoms with van der Waals surface area (Å²) in [6.45, 7) is 2.42. The minimum absolute atomic E-state index is 0.0299. The van der Waals surface area contributed by atoms with Crippen LogP contribution in [-0.4, -0.2) is 23.5 Å². The third kappa shape index (κ3) is 3.64. The smallest absolute Gasteiger partial charge is 0.421 e. The van der Waals surface area contributed by atoms with Gasteiger partial charge in [-0.05, 0) is 25.7 Å². The Hall–Kier alpha value is -0.710. The van der Waals surface area contributed by atoms with Crippen molar-refractivity contribution in [3.05, 3.63) is 11.8 Å². The van der Waals surface area contributed by atoms with Gasteiger partial charge < -0.3 is 9.84 Å². The van der Waals surface area contributed by atoms with E-state index in [0.717, 1.165) is 19.1 Å². The van der Waals surface area contributed by atoms with E-state index < -0.39 is 11.8 Å². The summed E-state index contributed by atoms with van der Waals surface area (Å²) in [7, 11) is 0. The maximum atomic E-state index is 13.1. The first-order chi connectivity index (χ1) is 8.42. The molecule has 0 aromatic carbocycles. The van der Waals surface area contributed by atoms with E-state index in [-0.39, 0.29) is 18.4 Å². The third-order valence-electron chi connectivity index (χ3n) is 3.33. The van der Waals surface area contributed by atoms with Gasteiger partial charge in [-0.3, -0.25) is 0 Å². The molecule has 0 spiro atoms. The molecule has 0 radical (unpaired) electrons. The number of alkyl halides is 3. The first kappa shape index (κ1) is 15.3. The number of ether oxygens (including phenoxy) is 1. The van der Waals surface area contributed by atoms with E-state index in [1.165, 1.54) is 0 Å². The summed E-state index contributed by atoms with van der Waals surface area (Å²) in [6, 6.07) is 0. The second kappa shape index (κ2) is 6.45. The highest BCUT2D eigenvalue weighted by molar-refractivity contribution is 5.19. The maximum Gasteiger partial charge on any atom is 0.421 e. The largest absolute Gasteiger partial charge is 0.501 e. The van der Waals surface area contributed by atoms with Crippen LogP contribution in [0.1, 0.15) is 51.9 Å². The van der Waals surface area contributed by atoms with Gasteiger partial charge in [-0.1, -0.05) is 26.2 Å². The average molecular weight is 266 g/mol. The van der Waals surface area contributed by atoms with Gasteiger partial charge in [0.05, 0.1) is 12.9 Å². The molecule has 1 N–H and O–H groups in total. The molecule has 1 rings (SSSR count). The molecule has 0 aliphatic carbocycles. The van der Waals surface area contributed by atoms with E-state index in [2.05, 4.69) is 0 Å². The molecule has 0 aromatic rings. The van der Waals surface area contributed by atoms with Crippen molar-refractivity contribution in [3.8, 4) is 0 Å². The lowest BCUT2D eigenvalue weighted by molar-refractivity contribution is -0.248. The van der Waals surface area contributed by atoms with E-state index in [0.29, 0.717) is 25.9 Å². The van der Waals surface area contributed by atoms with Crippen molar-refractivity contribution in [2.24, 2.45) is 0 Å². The van der Waals surface area contributed by atoms with Gasteiger partial charge in [0.2, 0.25) is 0 Å². The second-order valence-corrected chi connectivity index (χ2v) is 4.79. The minimum Gasteiger partial charge on any atom is -0.501 e. The predicted molar refractivity (Wildman–Crippen MR) is 63.0 cm³/mol. The molecule has 1 aliphatic rings. The molecule has 2 nitrogen and oxygen atoms in total. The Morgan fingerprint density at radius 1 is 1.28 bits per heavy atom. The Morgan fingerprint density at radius 2 is 2.00 bits per heavy atom. The first-order valence-corrected chi connectivity index (χ1v) is 6.52. The van der Waals surface area contributed by atoms with Crippen molar-refractivity contribution < 1.29 is 23.0 Å². The topological polar surface area (TPSA) is 29.5 Å². The lowest BCUT2D eigenvalue weighted by Crippen LogP contribution is -2.47. The van der Waals surface area contributed by atoms with Gasteiger partial charge >= 0.3 is 6.18 Å². The van der Waals surface area contributed by atoms with Crippen LogP contribution in [0.25, 0.3) is 0 Å². The number of hydrogen-bond acceptors (Lipinski definition) is 2. The molecule has 0 aromatic heterocycles. The van der Waals surface area contributed by atoms with Crippen molar-refractivity contribution in [1.29, 1.82) is 0 Å². The molecule has 1 unspecified atom stereocenters. The van der Waals surface area contributed by atoms with E-state index in [1.807, 2.05) is 6.92 Å². The number of hydrogen-bond donors (Lipinski definition) is 1. The molecule has 18 heavy (non-hydrogen) atoms. The fourth-order valence-corrected chi connectivity index (χ4v) is 2.16. The molecule has 1 heterocycles. The lowest BCUT2D eigenvalue weighted by atomic mass is 9.85. The van der Waals surface area contributed by atoms with Crippen LogP contribution < -0.4 is 0 Å². The van der Waals surface area contributed by atoms with Crippen LogP contribution in [0.2, 0.25) is 0 Å². The molecular formula is C13H21F3O2. The Morgan fingerprint density at radius 3 is 2.50 bits per heavy atom. The van der Waals surface area contributed by atoms with E-state index in [1.54, 1.807) is 0 Å². The van der Waals surface area contributed by atoms with Gasteiger partial charge in [-0.25, -0.2) is 0 Å². The molecule has 5 heteroatoms. The lowest BCUT2D eigenvalue weighted by Gasteiger charge is -2.34.